The van der Waals surface area contributed by atoms with Crippen molar-refractivity contribution in [3.63, 3.8) is 0 Å². The first-order valence-electron chi connectivity index (χ1n) is 7.00. The lowest BCUT2D eigenvalue weighted by molar-refractivity contribution is 0.867. The fourth-order valence-corrected chi connectivity index (χ4v) is 3.16. The maximum Gasteiger partial charge on any atom is 0.281 e. The maximum absolute atomic E-state index is 7.04. The van der Waals surface area contributed by atoms with Crippen molar-refractivity contribution in [1.29, 1.82) is 0 Å². The number of aromatic nitrogens is 4. The van der Waals surface area contributed by atoms with Gasteiger partial charge in [-0.1, -0.05) is 18.7 Å². The van der Waals surface area contributed by atoms with Gasteiger partial charge in [0, 0.05) is 22.0 Å². The molecule has 0 aliphatic heterocycles. The SMILES string of the molecule is [C-]#[N+]c1csc(-c2ccc3cnn(-c4cccc(C)n4)c3c2)n1. The minimum absolute atomic E-state index is 0.430. The van der Waals surface area contributed by atoms with Crippen molar-refractivity contribution in [1.82, 2.24) is 19.7 Å². The Morgan fingerprint density at radius 1 is 1.17 bits per heavy atom. The van der Waals surface area contributed by atoms with Crippen molar-refractivity contribution < 1.29 is 0 Å². The summed E-state index contributed by atoms with van der Waals surface area (Å²) in [6.45, 7) is 9.00. The molecule has 0 bridgehead atoms. The first kappa shape index (κ1) is 13.6. The average molecular weight is 317 g/mol. The molecule has 4 aromatic rings. The Morgan fingerprint density at radius 3 is 2.87 bits per heavy atom. The molecule has 0 N–H and O–H groups in total. The monoisotopic (exact) mass is 317 g/mol. The van der Waals surface area contributed by atoms with Gasteiger partial charge in [-0.3, -0.25) is 0 Å². The van der Waals surface area contributed by atoms with Crippen LogP contribution in [0.3, 0.4) is 0 Å². The fourth-order valence-electron chi connectivity index (χ4n) is 2.43. The van der Waals surface area contributed by atoms with E-state index in [0.717, 1.165) is 33.0 Å². The van der Waals surface area contributed by atoms with Gasteiger partial charge in [0.1, 0.15) is 0 Å². The molecule has 3 aromatic heterocycles. The third-order valence-electron chi connectivity index (χ3n) is 3.52. The van der Waals surface area contributed by atoms with Crippen LogP contribution in [0.15, 0.2) is 48.0 Å². The molecule has 110 valence electrons. The van der Waals surface area contributed by atoms with Crippen LogP contribution in [-0.2, 0) is 0 Å². The van der Waals surface area contributed by atoms with Crippen LogP contribution in [0.1, 0.15) is 5.69 Å². The van der Waals surface area contributed by atoms with Crippen LogP contribution in [0.5, 0.6) is 0 Å². The molecule has 0 radical (unpaired) electrons. The summed E-state index contributed by atoms with van der Waals surface area (Å²) in [5.74, 6) is 1.22. The Bertz CT molecular complexity index is 1050. The van der Waals surface area contributed by atoms with Gasteiger partial charge in [0.15, 0.2) is 5.82 Å². The summed E-state index contributed by atoms with van der Waals surface area (Å²) in [6.07, 6.45) is 1.83. The normalized spacial score (nSPS) is 10.8. The highest BCUT2D eigenvalue weighted by Gasteiger charge is 2.12. The van der Waals surface area contributed by atoms with Crippen LogP contribution >= 0.6 is 11.3 Å². The van der Waals surface area contributed by atoms with Crippen LogP contribution in [0, 0.1) is 13.5 Å². The van der Waals surface area contributed by atoms with E-state index in [2.05, 4.69) is 19.9 Å². The highest BCUT2D eigenvalue weighted by Crippen LogP contribution is 2.30. The number of nitrogens with zero attached hydrogens (tertiary/aromatic N) is 5. The van der Waals surface area contributed by atoms with Gasteiger partial charge in [0.2, 0.25) is 5.01 Å². The Hall–Kier alpha value is -3.04. The molecule has 0 saturated heterocycles. The van der Waals surface area contributed by atoms with Crippen molar-refractivity contribution in [3.05, 3.63) is 65.1 Å². The van der Waals surface area contributed by atoms with E-state index in [4.69, 9.17) is 6.57 Å². The summed E-state index contributed by atoms with van der Waals surface area (Å²) in [4.78, 5) is 12.2. The molecule has 4 rings (SSSR count). The number of pyridine rings is 1. The maximum atomic E-state index is 7.04. The van der Waals surface area contributed by atoms with Gasteiger partial charge in [-0.15, -0.1) is 16.3 Å². The number of benzene rings is 1. The van der Waals surface area contributed by atoms with Crippen LogP contribution in [0.25, 0.3) is 32.1 Å². The molecule has 0 atom stereocenters. The number of hydrogen-bond acceptors (Lipinski definition) is 4. The largest absolute Gasteiger partial charge is 0.360 e. The summed E-state index contributed by atoms with van der Waals surface area (Å²) in [7, 11) is 0. The van der Waals surface area contributed by atoms with Gasteiger partial charge in [-0.2, -0.15) is 5.10 Å². The van der Waals surface area contributed by atoms with Gasteiger partial charge < -0.3 is 4.85 Å². The van der Waals surface area contributed by atoms with Gasteiger partial charge in [0.25, 0.3) is 5.82 Å². The van der Waals surface area contributed by atoms with E-state index in [1.165, 1.54) is 11.3 Å². The van der Waals surface area contributed by atoms with E-state index in [1.807, 2.05) is 54.2 Å². The number of fused-ring (bicyclic) bond motifs is 1. The zero-order chi connectivity index (χ0) is 15.8. The molecular weight excluding hydrogens is 306 g/mol. The molecule has 3 heterocycles. The molecular formula is C17H11N5S. The highest BCUT2D eigenvalue weighted by molar-refractivity contribution is 7.13. The smallest absolute Gasteiger partial charge is 0.281 e. The predicted molar refractivity (Wildman–Crippen MR) is 91.0 cm³/mol. The third kappa shape index (κ3) is 2.37. The van der Waals surface area contributed by atoms with Crippen LogP contribution in [0.4, 0.5) is 5.82 Å². The van der Waals surface area contributed by atoms with Gasteiger partial charge in [0.05, 0.1) is 11.7 Å². The second kappa shape index (κ2) is 5.30. The Labute approximate surface area is 136 Å². The van der Waals surface area contributed by atoms with Gasteiger partial charge in [-0.25, -0.2) is 9.67 Å². The lowest BCUT2D eigenvalue weighted by atomic mass is 10.2. The van der Waals surface area contributed by atoms with Gasteiger partial charge in [-0.05, 0) is 31.2 Å². The second-order valence-electron chi connectivity index (χ2n) is 5.09. The summed E-state index contributed by atoms with van der Waals surface area (Å²) < 4.78 is 1.83. The molecule has 5 nitrogen and oxygen atoms in total. The summed E-state index contributed by atoms with van der Waals surface area (Å²) in [5, 5.41) is 8.10. The minimum Gasteiger partial charge on any atom is -0.360 e. The summed E-state index contributed by atoms with van der Waals surface area (Å²) in [5.41, 5.74) is 2.90. The van der Waals surface area contributed by atoms with Crippen LogP contribution in [0.2, 0.25) is 0 Å². The Kier molecular flexibility index (Phi) is 3.14. The molecule has 1 aromatic carbocycles. The number of aryl methyl sites for hydroxylation is 1. The zero-order valence-electron chi connectivity index (χ0n) is 12.3. The third-order valence-corrected chi connectivity index (χ3v) is 4.39. The zero-order valence-corrected chi connectivity index (χ0v) is 13.1. The Balaban J connectivity index is 1.88. The molecule has 0 aliphatic rings. The number of thiazole rings is 1. The molecule has 0 amide bonds. The van der Waals surface area contributed by atoms with E-state index in [1.54, 1.807) is 5.38 Å². The molecule has 0 aliphatic carbocycles. The molecule has 0 unspecified atom stereocenters. The van der Waals surface area contributed by atoms with Crippen molar-refractivity contribution >= 4 is 28.1 Å². The average Bonchev–Trinajstić information content (AvgIpc) is 3.21. The van der Waals surface area contributed by atoms with E-state index < -0.39 is 0 Å². The molecule has 23 heavy (non-hydrogen) atoms. The van der Waals surface area contributed by atoms with E-state index in [9.17, 15) is 0 Å². The lowest BCUT2D eigenvalue weighted by Gasteiger charge is -2.04. The van der Waals surface area contributed by atoms with Crippen molar-refractivity contribution in [2.24, 2.45) is 0 Å². The predicted octanol–water partition coefficient (Wildman–Crippen LogP) is 4.40. The molecule has 0 spiro atoms. The van der Waals surface area contributed by atoms with Crippen molar-refractivity contribution in [2.75, 3.05) is 0 Å². The molecule has 0 saturated carbocycles. The first-order chi connectivity index (χ1) is 11.2. The molecule has 6 heteroatoms. The van der Waals surface area contributed by atoms with E-state index >= 15 is 0 Å². The van der Waals surface area contributed by atoms with Crippen LogP contribution in [-0.4, -0.2) is 19.7 Å². The highest BCUT2D eigenvalue weighted by atomic mass is 32.1. The summed E-state index contributed by atoms with van der Waals surface area (Å²) >= 11 is 1.47. The first-order valence-corrected chi connectivity index (χ1v) is 7.88. The number of rotatable bonds is 2. The molecule has 0 fully saturated rings. The minimum atomic E-state index is 0.430. The van der Waals surface area contributed by atoms with E-state index in [0.29, 0.717) is 5.82 Å². The Morgan fingerprint density at radius 2 is 2.09 bits per heavy atom. The standard InChI is InChI=1S/C17H11N5S/c1-11-4-3-5-16(20-11)22-14-8-12(6-7-13(14)9-19-22)17-21-15(18-2)10-23-17/h3-10H,1H3. The second-order valence-corrected chi connectivity index (χ2v) is 5.95. The summed E-state index contributed by atoms with van der Waals surface area (Å²) in [6, 6.07) is 11.9. The van der Waals surface area contributed by atoms with E-state index in [-0.39, 0.29) is 0 Å². The fraction of sp³-hybridized carbons (Fsp3) is 0.0588. The van der Waals surface area contributed by atoms with Crippen molar-refractivity contribution in [2.45, 2.75) is 6.92 Å². The quantitative estimate of drug-likeness (QED) is 0.515. The van der Waals surface area contributed by atoms with Crippen LogP contribution < -0.4 is 0 Å². The van der Waals surface area contributed by atoms with Gasteiger partial charge >= 0.3 is 0 Å². The number of hydrogen-bond donors (Lipinski definition) is 0. The van der Waals surface area contributed by atoms with Crippen molar-refractivity contribution in [3.8, 4) is 16.4 Å². The topological polar surface area (TPSA) is 48.0 Å². The lowest BCUT2D eigenvalue weighted by Crippen LogP contribution is -1.99.